The molecule has 0 aliphatic rings. The van der Waals surface area contributed by atoms with E-state index in [4.69, 9.17) is 5.11 Å². The molecule has 0 atom stereocenters. The molecule has 0 spiro atoms. The molecule has 0 saturated heterocycles. The standard InChI is InChI=1S/C12H13N.C3H8O.C2H2/c1-3-10-4-5-12-11(8-10)9(2)6-7-13-12;1-2-3-4;1-2/h4-8H,3H2,1-2H3;4H,2-3H2,1H3;1-2H. The maximum atomic E-state index is 7.88. The summed E-state index contributed by atoms with van der Waals surface area (Å²) in [6.45, 7) is 6.55. The van der Waals surface area contributed by atoms with E-state index in [9.17, 15) is 0 Å². The lowest BCUT2D eigenvalue weighted by Gasteiger charge is -2.02. The molecule has 0 saturated carbocycles. The van der Waals surface area contributed by atoms with Gasteiger partial charge in [-0.15, -0.1) is 12.8 Å². The highest BCUT2D eigenvalue weighted by atomic mass is 16.2. The Morgan fingerprint density at radius 1 is 1.16 bits per heavy atom. The molecule has 2 aromatic rings. The van der Waals surface area contributed by atoms with Gasteiger partial charge in [0, 0.05) is 18.2 Å². The van der Waals surface area contributed by atoms with Gasteiger partial charge in [-0.25, -0.2) is 0 Å². The molecule has 1 heterocycles. The van der Waals surface area contributed by atoms with Gasteiger partial charge in [-0.1, -0.05) is 19.9 Å². The molecule has 1 N–H and O–H groups in total. The molecule has 0 fully saturated rings. The van der Waals surface area contributed by atoms with E-state index in [1.54, 1.807) is 0 Å². The van der Waals surface area contributed by atoms with E-state index in [-0.39, 0.29) is 0 Å². The van der Waals surface area contributed by atoms with Crippen molar-refractivity contribution in [2.75, 3.05) is 6.61 Å². The lowest BCUT2D eigenvalue weighted by Crippen LogP contribution is -1.85. The quantitative estimate of drug-likeness (QED) is 0.831. The van der Waals surface area contributed by atoms with E-state index >= 15 is 0 Å². The smallest absolute Gasteiger partial charge is 0.0704 e. The van der Waals surface area contributed by atoms with Crippen LogP contribution in [0.1, 0.15) is 31.4 Å². The van der Waals surface area contributed by atoms with Crippen molar-refractivity contribution in [1.29, 1.82) is 0 Å². The number of fused-ring (bicyclic) bond motifs is 1. The summed E-state index contributed by atoms with van der Waals surface area (Å²) in [4.78, 5) is 4.32. The van der Waals surface area contributed by atoms with Crippen LogP contribution in [0.2, 0.25) is 0 Å². The Labute approximate surface area is 116 Å². The van der Waals surface area contributed by atoms with Crippen LogP contribution in [0.25, 0.3) is 10.9 Å². The predicted molar refractivity (Wildman–Crippen MR) is 83.1 cm³/mol. The van der Waals surface area contributed by atoms with Crippen LogP contribution in [0.3, 0.4) is 0 Å². The molecule has 1 aromatic carbocycles. The van der Waals surface area contributed by atoms with Crippen molar-refractivity contribution >= 4 is 10.9 Å². The van der Waals surface area contributed by atoms with E-state index in [2.05, 4.69) is 55.9 Å². The highest BCUT2D eigenvalue weighted by molar-refractivity contribution is 5.82. The fourth-order valence-corrected chi connectivity index (χ4v) is 1.55. The summed E-state index contributed by atoms with van der Waals surface area (Å²) >= 11 is 0. The normalized spacial score (nSPS) is 8.95. The number of nitrogens with zero attached hydrogens (tertiary/aromatic N) is 1. The van der Waals surface area contributed by atoms with Crippen LogP contribution in [0.4, 0.5) is 0 Å². The number of terminal acetylenes is 1. The number of pyridine rings is 1. The van der Waals surface area contributed by atoms with Gasteiger partial charge in [0.25, 0.3) is 0 Å². The first-order valence-corrected chi connectivity index (χ1v) is 6.51. The van der Waals surface area contributed by atoms with Crippen LogP contribution in [-0.4, -0.2) is 16.7 Å². The van der Waals surface area contributed by atoms with Crippen molar-refractivity contribution in [3.63, 3.8) is 0 Å². The van der Waals surface area contributed by atoms with Gasteiger partial charge in [0.15, 0.2) is 0 Å². The van der Waals surface area contributed by atoms with Gasteiger partial charge >= 0.3 is 0 Å². The third-order valence-electron chi connectivity index (χ3n) is 2.66. The molecule has 0 aliphatic carbocycles. The fraction of sp³-hybridized carbons (Fsp3) is 0.353. The van der Waals surface area contributed by atoms with E-state index in [0.29, 0.717) is 6.61 Å². The van der Waals surface area contributed by atoms with Crippen LogP contribution < -0.4 is 0 Å². The first-order chi connectivity index (χ1) is 9.22. The lowest BCUT2D eigenvalue weighted by atomic mass is 10.1. The number of aliphatic hydroxyl groups is 1. The minimum atomic E-state index is 0.319. The maximum Gasteiger partial charge on any atom is 0.0704 e. The van der Waals surface area contributed by atoms with E-state index in [0.717, 1.165) is 18.4 Å². The Balaban J connectivity index is 0.000000467. The summed E-state index contributed by atoms with van der Waals surface area (Å²) in [6, 6.07) is 8.54. The molecule has 0 amide bonds. The fourth-order valence-electron chi connectivity index (χ4n) is 1.55. The molecule has 0 bridgehead atoms. The monoisotopic (exact) mass is 257 g/mol. The largest absolute Gasteiger partial charge is 0.396 e. The number of hydrogen-bond acceptors (Lipinski definition) is 2. The van der Waals surface area contributed by atoms with Crippen molar-refractivity contribution in [2.45, 2.75) is 33.6 Å². The summed E-state index contributed by atoms with van der Waals surface area (Å²) in [5.41, 5.74) is 3.78. The SMILES string of the molecule is C#C.CCCO.CCc1ccc2nccc(C)c2c1. The topological polar surface area (TPSA) is 33.1 Å². The first-order valence-electron chi connectivity index (χ1n) is 6.51. The Hall–Kier alpha value is -1.85. The molecule has 0 radical (unpaired) electrons. The van der Waals surface area contributed by atoms with Crippen LogP contribution in [0, 0.1) is 19.8 Å². The van der Waals surface area contributed by atoms with Crippen molar-refractivity contribution in [3.8, 4) is 12.8 Å². The Kier molecular flexibility index (Phi) is 9.12. The number of aliphatic hydroxyl groups excluding tert-OH is 1. The zero-order valence-corrected chi connectivity index (χ0v) is 12.1. The third-order valence-corrected chi connectivity index (χ3v) is 2.66. The molecule has 2 rings (SSSR count). The summed E-state index contributed by atoms with van der Waals surface area (Å²) in [5, 5.41) is 9.15. The molecule has 0 unspecified atom stereocenters. The highest BCUT2D eigenvalue weighted by Gasteiger charge is 1.98. The van der Waals surface area contributed by atoms with E-state index in [1.807, 2.05) is 13.1 Å². The Morgan fingerprint density at radius 2 is 1.79 bits per heavy atom. The van der Waals surface area contributed by atoms with Crippen molar-refractivity contribution < 1.29 is 5.11 Å². The zero-order chi connectivity index (χ0) is 14.7. The van der Waals surface area contributed by atoms with Gasteiger partial charge in [-0.2, -0.15) is 0 Å². The van der Waals surface area contributed by atoms with Crippen LogP contribution >= 0.6 is 0 Å². The van der Waals surface area contributed by atoms with Crippen molar-refractivity contribution in [1.82, 2.24) is 4.98 Å². The van der Waals surface area contributed by atoms with Gasteiger partial charge < -0.3 is 5.11 Å². The van der Waals surface area contributed by atoms with Gasteiger partial charge in [-0.05, 0) is 49.1 Å². The van der Waals surface area contributed by atoms with Crippen LogP contribution in [0.15, 0.2) is 30.5 Å². The Morgan fingerprint density at radius 3 is 2.32 bits per heavy atom. The minimum absolute atomic E-state index is 0.319. The van der Waals surface area contributed by atoms with Gasteiger partial charge in [0.05, 0.1) is 5.52 Å². The summed E-state index contributed by atoms with van der Waals surface area (Å²) in [7, 11) is 0. The number of rotatable bonds is 2. The predicted octanol–water partition coefficient (Wildman–Crippen LogP) is 3.74. The molecule has 102 valence electrons. The zero-order valence-electron chi connectivity index (χ0n) is 12.1. The molecular weight excluding hydrogens is 234 g/mol. The summed E-state index contributed by atoms with van der Waals surface area (Å²) in [6.07, 6.45) is 11.8. The average Bonchev–Trinajstić information content (AvgIpc) is 2.49. The first kappa shape index (κ1) is 17.2. The second kappa shape index (κ2) is 10.1. The molecular formula is C17H23NO. The molecule has 1 aromatic heterocycles. The van der Waals surface area contributed by atoms with Crippen molar-refractivity contribution in [3.05, 3.63) is 41.6 Å². The number of hydrogen-bond donors (Lipinski definition) is 1. The second-order valence-corrected chi connectivity index (χ2v) is 4.06. The lowest BCUT2D eigenvalue weighted by molar-refractivity contribution is 0.295. The van der Waals surface area contributed by atoms with Crippen molar-refractivity contribution in [2.24, 2.45) is 0 Å². The van der Waals surface area contributed by atoms with Gasteiger partial charge in [0.1, 0.15) is 0 Å². The highest BCUT2D eigenvalue weighted by Crippen LogP contribution is 2.17. The maximum absolute atomic E-state index is 7.88. The van der Waals surface area contributed by atoms with Gasteiger partial charge in [-0.3, -0.25) is 4.98 Å². The van der Waals surface area contributed by atoms with Gasteiger partial charge in [0.2, 0.25) is 0 Å². The molecule has 2 heteroatoms. The number of aryl methyl sites for hydroxylation is 2. The molecule has 19 heavy (non-hydrogen) atoms. The Bertz CT molecular complexity index is 501. The van der Waals surface area contributed by atoms with Crippen LogP contribution in [-0.2, 0) is 6.42 Å². The summed E-state index contributed by atoms with van der Waals surface area (Å²) < 4.78 is 0. The third kappa shape index (κ3) is 5.54. The van der Waals surface area contributed by atoms with E-state index < -0.39 is 0 Å². The summed E-state index contributed by atoms with van der Waals surface area (Å²) in [5.74, 6) is 0. The number of aromatic nitrogens is 1. The molecule has 0 aliphatic heterocycles. The number of benzene rings is 1. The second-order valence-electron chi connectivity index (χ2n) is 4.06. The minimum Gasteiger partial charge on any atom is -0.396 e. The average molecular weight is 257 g/mol. The van der Waals surface area contributed by atoms with Crippen LogP contribution in [0.5, 0.6) is 0 Å². The molecule has 2 nitrogen and oxygen atoms in total. The van der Waals surface area contributed by atoms with E-state index in [1.165, 1.54) is 16.5 Å².